The van der Waals surface area contributed by atoms with E-state index in [1.54, 1.807) is 12.3 Å². The van der Waals surface area contributed by atoms with Crippen LogP contribution in [0.3, 0.4) is 0 Å². The third-order valence-corrected chi connectivity index (χ3v) is 6.80. The first-order valence-corrected chi connectivity index (χ1v) is 13.9. The van der Waals surface area contributed by atoms with Crippen molar-refractivity contribution in [3.05, 3.63) is 98.5 Å². The molecule has 1 aliphatic rings. The second-order valence-corrected chi connectivity index (χ2v) is 10.5. The predicted octanol–water partition coefficient (Wildman–Crippen LogP) is 6.60. The third-order valence-electron chi connectivity index (χ3n) is 6.31. The molecule has 0 fully saturated rings. The molecule has 0 radical (unpaired) electrons. The van der Waals surface area contributed by atoms with Gasteiger partial charge in [0.1, 0.15) is 12.4 Å². The fraction of sp³-hybridized carbons (Fsp3) is 0.258. The Morgan fingerprint density at radius 1 is 1.12 bits per heavy atom. The second kappa shape index (κ2) is 12.0. The zero-order valence-electron chi connectivity index (χ0n) is 22.6. The van der Waals surface area contributed by atoms with Crippen molar-refractivity contribution in [3.8, 4) is 23.0 Å². The molecule has 0 spiro atoms. The first-order valence-electron chi connectivity index (χ1n) is 13.1. The molecule has 0 saturated heterocycles. The van der Waals surface area contributed by atoms with Gasteiger partial charge in [0, 0.05) is 16.0 Å². The Labute approximate surface area is 241 Å². The number of allylic oxidation sites excluding steroid dienone is 1. The summed E-state index contributed by atoms with van der Waals surface area (Å²) in [4.78, 5) is 18.1. The monoisotopic (exact) mass is 603 g/mol. The second-order valence-electron chi connectivity index (χ2n) is 9.56. The Hall–Kier alpha value is -4.11. The summed E-state index contributed by atoms with van der Waals surface area (Å²) in [5.74, 6) is 3.21. The van der Waals surface area contributed by atoms with Crippen LogP contribution in [0.25, 0.3) is 10.9 Å². The summed E-state index contributed by atoms with van der Waals surface area (Å²) < 4.78 is 25.3. The molecule has 0 bridgehead atoms. The van der Waals surface area contributed by atoms with E-state index in [1.807, 2.05) is 69.3 Å². The van der Waals surface area contributed by atoms with E-state index in [0.29, 0.717) is 53.6 Å². The lowest BCUT2D eigenvalue weighted by Gasteiger charge is -2.17. The molecule has 0 aliphatic carbocycles. The summed E-state index contributed by atoms with van der Waals surface area (Å²) in [7, 11) is 0. The average molecular weight is 605 g/mol. The minimum absolute atomic E-state index is 0.0137. The number of benzene rings is 3. The largest absolute Gasteiger partial charge is 0.490 e. The smallest absolute Gasteiger partial charge is 0.282 e. The van der Waals surface area contributed by atoms with Crippen LogP contribution in [0.2, 0.25) is 0 Å². The van der Waals surface area contributed by atoms with Crippen molar-refractivity contribution in [1.29, 1.82) is 0 Å². The topological polar surface area (TPSA) is 84.2 Å². The highest BCUT2D eigenvalue weighted by Crippen LogP contribution is 2.36. The highest BCUT2D eigenvalue weighted by atomic mass is 79.9. The SMILES string of the molecule is C=CCc1cc(C=Nn2c(C(C)C)nc3ccc(Br)cc3c2=O)cc(OCC)c1OCc1ccc2c(c1)OCO2. The van der Waals surface area contributed by atoms with Crippen LogP contribution in [0.5, 0.6) is 23.0 Å². The van der Waals surface area contributed by atoms with Crippen molar-refractivity contribution < 1.29 is 18.9 Å². The lowest BCUT2D eigenvalue weighted by molar-refractivity contribution is 0.174. The van der Waals surface area contributed by atoms with Gasteiger partial charge in [-0.3, -0.25) is 4.79 Å². The molecule has 206 valence electrons. The fourth-order valence-electron chi connectivity index (χ4n) is 4.45. The van der Waals surface area contributed by atoms with E-state index in [1.165, 1.54) is 4.68 Å². The number of halogens is 1. The first-order chi connectivity index (χ1) is 19.4. The van der Waals surface area contributed by atoms with E-state index in [2.05, 4.69) is 27.6 Å². The van der Waals surface area contributed by atoms with Crippen molar-refractivity contribution in [2.75, 3.05) is 13.4 Å². The molecule has 9 heteroatoms. The molecule has 3 aromatic carbocycles. The van der Waals surface area contributed by atoms with Crippen LogP contribution in [0.15, 0.2) is 75.6 Å². The molecular formula is C31H30BrN3O5. The van der Waals surface area contributed by atoms with Crippen LogP contribution < -0.4 is 24.5 Å². The number of aromatic nitrogens is 2. The highest BCUT2D eigenvalue weighted by Gasteiger charge is 2.17. The van der Waals surface area contributed by atoms with Gasteiger partial charge in [-0.25, -0.2) is 4.98 Å². The lowest BCUT2D eigenvalue weighted by Crippen LogP contribution is -2.23. The van der Waals surface area contributed by atoms with Crippen molar-refractivity contribution in [3.63, 3.8) is 0 Å². The molecule has 1 aromatic heterocycles. The molecule has 1 aliphatic heterocycles. The van der Waals surface area contributed by atoms with Gasteiger partial charge in [-0.05, 0) is 66.9 Å². The van der Waals surface area contributed by atoms with Crippen LogP contribution in [0, 0.1) is 0 Å². The summed E-state index contributed by atoms with van der Waals surface area (Å²) >= 11 is 3.45. The van der Waals surface area contributed by atoms with Gasteiger partial charge in [0.2, 0.25) is 6.79 Å². The summed E-state index contributed by atoms with van der Waals surface area (Å²) in [5.41, 5.74) is 3.00. The van der Waals surface area contributed by atoms with Crippen molar-refractivity contribution >= 4 is 33.0 Å². The maximum Gasteiger partial charge on any atom is 0.282 e. The van der Waals surface area contributed by atoms with Gasteiger partial charge in [-0.15, -0.1) is 6.58 Å². The maximum absolute atomic E-state index is 13.4. The molecule has 4 aromatic rings. The van der Waals surface area contributed by atoms with Crippen LogP contribution in [-0.2, 0) is 13.0 Å². The zero-order valence-corrected chi connectivity index (χ0v) is 24.2. The number of hydrogen-bond donors (Lipinski definition) is 0. The summed E-state index contributed by atoms with van der Waals surface area (Å²) in [6.45, 7) is 10.8. The number of hydrogen-bond acceptors (Lipinski definition) is 7. The Balaban J connectivity index is 1.51. The van der Waals surface area contributed by atoms with Crippen molar-refractivity contribution in [1.82, 2.24) is 9.66 Å². The van der Waals surface area contributed by atoms with Gasteiger partial charge in [-0.2, -0.15) is 9.78 Å². The van der Waals surface area contributed by atoms with E-state index in [-0.39, 0.29) is 18.3 Å². The van der Waals surface area contributed by atoms with Gasteiger partial charge < -0.3 is 18.9 Å². The van der Waals surface area contributed by atoms with E-state index in [4.69, 9.17) is 23.9 Å². The zero-order chi connectivity index (χ0) is 28.2. The molecule has 0 unspecified atom stereocenters. The number of nitrogens with zero attached hydrogens (tertiary/aromatic N) is 3. The predicted molar refractivity (Wildman–Crippen MR) is 159 cm³/mol. The van der Waals surface area contributed by atoms with Crippen LogP contribution in [0.1, 0.15) is 49.2 Å². The first kappa shape index (κ1) is 27.5. The molecule has 0 atom stereocenters. The molecule has 0 saturated carbocycles. The Morgan fingerprint density at radius 3 is 2.73 bits per heavy atom. The van der Waals surface area contributed by atoms with Gasteiger partial charge >= 0.3 is 0 Å². The number of ether oxygens (including phenoxy) is 4. The molecule has 8 nitrogen and oxygen atoms in total. The molecule has 2 heterocycles. The van der Waals surface area contributed by atoms with E-state index in [9.17, 15) is 4.79 Å². The molecular weight excluding hydrogens is 574 g/mol. The normalized spacial score (nSPS) is 12.4. The third kappa shape index (κ3) is 5.74. The van der Waals surface area contributed by atoms with E-state index >= 15 is 0 Å². The maximum atomic E-state index is 13.4. The van der Waals surface area contributed by atoms with Crippen LogP contribution in [-0.4, -0.2) is 29.3 Å². The molecule has 0 N–H and O–H groups in total. The lowest BCUT2D eigenvalue weighted by atomic mass is 10.1. The van der Waals surface area contributed by atoms with Gasteiger partial charge in [0.15, 0.2) is 23.0 Å². The Kier molecular flexibility index (Phi) is 8.21. The van der Waals surface area contributed by atoms with Crippen LogP contribution in [0.4, 0.5) is 0 Å². The van der Waals surface area contributed by atoms with Crippen molar-refractivity contribution in [2.24, 2.45) is 5.10 Å². The minimum atomic E-state index is -0.230. The average Bonchev–Trinajstić information content (AvgIpc) is 3.40. The summed E-state index contributed by atoms with van der Waals surface area (Å²) in [5, 5.41) is 5.08. The van der Waals surface area contributed by atoms with Crippen LogP contribution >= 0.6 is 15.9 Å². The molecule has 5 rings (SSSR count). The van der Waals surface area contributed by atoms with Gasteiger partial charge in [0.05, 0.1) is 23.7 Å². The van der Waals surface area contributed by atoms with E-state index < -0.39 is 0 Å². The highest BCUT2D eigenvalue weighted by molar-refractivity contribution is 9.10. The number of fused-ring (bicyclic) bond motifs is 2. The quantitative estimate of drug-likeness (QED) is 0.150. The Morgan fingerprint density at radius 2 is 1.95 bits per heavy atom. The number of rotatable bonds is 10. The Bertz CT molecular complexity index is 1660. The molecule has 0 amide bonds. The van der Waals surface area contributed by atoms with E-state index in [0.717, 1.165) is 26.9 Å². The standard InChI is InChI=1S/C31H30BrN3O5/c1-5-7-22-12-21(16-33-35-30(19(3)4)34-25-10-9-23(32)15-24(25)31(35)36)14-28(37-6-2)29(22)38-17-20-8-11-26-27(13-20)40-18-39-26/h5,8-16,19H,1,6-7,17-18H2,2-4H3. The van der Waals surface area contributed by atoms with Gasteiger partial charge in [0.25, 0.3) is 5.56 Å². The summed E-state index contributed by atoms with van der Waals surface area (Å²) in [6.07, 6.45) is 4.02. The molecule has 40 heavy (non-hydrogen) atoms. The minimum Gasteiger partial charge on any atom is -0.490 e. The summed E-state index contributed by atoms with van der Waals surface area (Å²) in [6, 6.07) is 15.0. The van der Waals surface area contributed by atoms with Gasteiger partial charge in [-0.1, -0.05) is 41.9 Å². The fourth-order valence-corrected chi connectivity index (χ4v) is 4.81. The van der Waals surface area contributed by atoms with Crippen molar-refractivity contribution in [2.45, 2.75) is 39.7 Å².